The molecule has 8 nitrogen and oxygen atoms in total. The number of carbonyl (C=O) groups is 1. The van der Waals surface area contributed by atoms with Gasteiger partial charge in [-0.25, -0.2) is 9.78 Å². The quantitative estimate of drug-likeness (QED) is 0.260. The van der Waals surface area contributed by atoms with Crippen LogP contribution in [0.1, 0.15) is 24.8 Å². The predicted molar refractivity (Wildman–Crippen MR) is 145 cm³/mol. The number of rotatable bonds is 4. The number of para-hydroxylation sites is 1. The molecule has 2 aromatic heterocycles. The van der Waals surface area contributed by atoms with Gasteiger partial charge in [0.2, 0.25) is 0 Å². The number of fused-ring (bicyclic) bond motifs is 5. The number of nitrogens with one attached hydrogen (secondary N) is 2. The molecule has 0 radical (unpaired) electrons. The highest BCUT2D eigenvalue weighted by atomic mass is 16.4. The molecule has 1 amide bonds. The molecule has 2 aliphatic rings. The summed E-state index contributed by atoms with van der Waals surface area (Å²) in [5, 5.41) is 24.9. The lowest BCUT2D eigenvalue weighted by atomic mass is 9.72. The molecular weight excluding hydrogens is 476 g/mol. The number of nitrogens with zero attached hydrogens (tertiary/aromatic N) is 4. The fourth-order valence-electron chi connectivity index (χ4n) is 5.46. The topological polar surface area (TPSA) is 105 Å². The summed E-state index contributed by atoms with van der Waals surface area (Å²) in [4.78, 5) is 16.2. The summed E-state index contributed by atoms with van der Waals surface area (Å²) in [5.41, 5.74) is 6.08. The van der Waals surface area contributed by atoms with Crippen LogP contribution in [0.4, 0.5) is 16.3 Å². The van der Waals surface area contributed by atoms with Gasteiger partial charge in [0.05, 0.1) is 16.9 Å². The third kappa shape index (κ3) is 3.53. The van der Waals surface area contributed by atoms with Crippen molar-refractivity contribution < 1.29 is 9.90 Å². The molecule has 8 heteroatoms. The SMILES string of the molecule is O=C(O)NC1(c2ccc(-c3nnc4n3-c3cc(-c5ccccc5)cnc3Nc3ccccc3-4)cc2)CCC1. The number of benzene rings is 3. The van der Waals surface area contributed by atoms with Gasteiger partial charge in [-0.2, -0.15) is 0 Å². The van der Waals surface area contributed by atoms with E-state index in [0.717, 1.165) is 64.3 Å². The molecule has 0 bridgehead atoms. The maximum atomic E-state index is 11.4. The summed E-state index contributed by atoms with van der Waals surface area (Å²) in [6.07, 6.45) is 3.47. The monoisotopic (exact) mass is 500 g/mol. The third-order valence-electron chi connectivity index (χ3n) is 7.55. The fraction of sp³-hybridized carbons (Fsp3) is 0.133. The molecule has 1 fully saturated rings. The molecule has 3 heterocycles. The van der Waals surface area contributed by atoms with Gasteiger partial charge in [0, 0.05) is 22.9 Å². The molecule has 3 N–H and O–H groups in total. The van der Waals surface area contributed by atoms with E-state index in [1.807, 2.05) is 72.9 Å². The molecular formula is C30H24N6O2. The zero-order valence-electron chi connectivity index (χ0n) is 20.4. The van der Waals surface area contributed by atoms with Gasteiger partial charge in [-0.3, -0.25) is 4.57 Å². The first-order chi connectivity index (χ1) is 18.6. The van der Waals surface area contributed by atoms with Crippen LogP contribution < -0.4 is 10.6 Å². The Morgan fingerprint density at radius 1 is 0.868 bits per heavy atom. The summed E-state index contributed by atoms with van der Waals surface area (Å²) >= 11 is 0. The first-order valence-corrected chi connectivity index (χ1v) is 12.6. The zero-order valence-corrected chi connectivity index (χ0v) is 20.4. The number of anilines is 2. The smallest absolute Gasteiger partial charge is 0.405 e. The summed E-state index contributed by atoms with van der Waals surface area (Å²) in [6, 6.07) is 28.3. The van der Waals surface area contributed by atoms with Crippen molar-refractivity contribution in [3.63, 3.8) is 0 Å². The minimum absolute atomic E-state index is 0.518. The molecule has 38 heavy (non-hydrogen) atoms. The van der Waals surface area contributed by atoms with E-state index in [0.29, 0.717) is 11.6 Å². The summed E-state index contributed by atoms with van der Waals surface area (Å²) in [5.74, 6) is 2.13. The maximum absolute atomic E-state index is 11.4. The van der Waals surface area contributed by atoms with Crippen molar-refractivity contribution >= 4 is 17.6 Å². The number of hydrogen-bond acceptors (Lipinski definition) is 5. The van der Waals surface area contributed by atoms with E-state index in [1.165, 1.54) is 0 Å². The second-order valence-electron chi connectivity index (χ2n) is 9.75. The van der Waals surface area contributed by atoms with E-state index in [2.05, 4.69) is 43.6 Å². The molecule has 0 spiro atoms. The molecule has 1 saturated carbocycles. The zero-order chi connectivity index (χ0) is 25.7. The number of aromatic nitrogens is 4. The van der Waals surface area contributed by atoms with Gasteiger partial charge in [0.15, 0.2) is 17.5 Å². The Kier molecular flexibility index (Phi) is 5.00. The van der Waals surface area contributed by atoms with Gasteiger partial charge in [-0.1, -0.05) is 66.7 Å². The Bertz CT molecular complexity index is 1670. The summed E-state index contributed by atoms with van der Waals surface area (Å²) < 4.78 is 2.05. The highest BCUT2D eigenvalue weighted by molar-refractivity contribution is 5.86. The van der Waals surface area contributed by atoms with Crippen molar-refractivity contribution in [2.45, 2.75) is 24.8 Å². The molecule has 3 aromatic carbocycles. The lowest BCUT2D eigenvalue weighted by Crippen LogP contribution is -2.50. The third-order valence-corrected chi connectivity index (χ3v) is 7.55. The molecule has 0 unspecified atom stereocenters. The van der Waals surface area contributed by atoms with Crippen LogP contribution in [-0.2, 0) is 5.54 Å². The van der Waals surface area contributed by atoms with E-state index in [1.54, 1.807) is 0 Å². The second-order valence-corrected chi connectivity index (χ2v) is 9.75. The van der Waals surface area contributed by atoms with Crippen LogP contribution in [0.25, 0.3) is 39.6 Å². The minimum atomic E-state index is -0.999. The molecule has 1 aliphatic carbocycles. The number of amides is 1. The standard InChI is InChI=1S/C30H24N6O2/c37-29(38)33-30(15-6-16-30)22-13-11-20(12-14-22)27-34-35-28-23-9-4-5-10-24(23)32-26-25(36(27)28)17-21(18-31-26)19-7-2-1-3-8-19/h1-5,7-14,17-18,33H,6,15-16H2,(H,31,32)(H,37,38). The first kappa shape index (κ1) is 22.2. The van der Waals surface area contributed by atoms with E-state index in [9.17, 15) is 9.90 Å². The Balaban J connectivity index is 1.38. The van der Waals surface area contributed by atoms with E-state index < -0.39 is 11.6 Å². The van der Waals surface area contributed by atoms with Gasteiger partial charge < -0.3 is 15.7 Å². The second kappa shape index (κ2) is 8.55. The fourth-order valence-corrected chi connectivity index (χ4v) is 5.46. The van der Waals surface area contributed by atoms with Gasteiger partial charge in [0.1, 0.15) is 0 Å². The van der Waals surface area contributed by atoms with E-state index in [4.69, 9.17) is 4.98 Å². The van der Waals surface area contributed by atoms with Crippen molar-refractivity contribution in [3.05, 3.63) is 96.7 Å². The highest BCUT2D eigenvalue weighted by Crippen LogP contribution is 2.43. The number of carboxylic acid groups (broad SMARTS) is 1. The summed E-state index contributed by atoms with van der Waals surface area (Å²) in [6.45, 7) is 0. The molecule has 186 valence electrons. The first-order valence-electron chi connectivity index (χ1n) is 12.6. The Morgan fingerprint density at radius 3 is 2.34 bits per heavy atom. The van der Waals surface area contributed by atoms with Crippen LogP contribution in [-0.4, -0.2) is 30.9 Å². The Hall–Kier alpha value is -4.98. The molecule has 5 aromatic rings. The average Bonchev–Trinajstić information content (AvgIpc) is 3.31. The van der Waals surface area contributed by atoms with Gasteiger partial charge in [-0.05, 0) is 48.6 Å². The minimum Gasteiger partial charge on any atom is -0.465 e. The number of hydrogen-bond donors (Lipinski definition) is 3. The molecule has 0 saturated heterocycles. The van der Waals surface area contributed by atoms with Crippen molar-refractivity contribution in [2.24, 2.45) is 0 Å². The van der Waals surface area contributed by atoms with Gasteiger partial charge in [-0.15, -0.1) is 10.2 Å². The molecule has 7 rings (SSSR count). The lowest BCUT2D eigenvalue weighted by Gasteiger charge is -2.42. The van der Waals surface area contributed by atoms with Crippen LogP contribution in [0.5, 0.6) is 0 Å². The Labute approximate surface area is 219 Å². The van der Waals surface area contributed by atoms with Crippen LogP contribution >= 0.6 is 0 Å². The molecule has 1 aliphatic heterocycles. The van der Waals surface area contributed by atoms with Crippen molar-refractivity contribution in [1.29, 1.82) is 0 Å². The van der Waals surface area contributed by atoms with Crippen LogP contribution in [0, 0.1) is 0 Å². The van der Waals surface area contributed by atoms with Crippen molar-refractivity contribution in [3.8, 4) is 39.6 Å². The van der Waals surface area contributed by atoms with E-state index >= 15 is 0 Å². The van der Waals surface area contributed by atoms with E-state index in [-0.39, 0.29) is 0 Å². The average molecular weight is 501 g/mol. The van der Waals surface area contributed by atoms with Crippen LogP contribution in [0.2, 0.25) is 0 Å². The highest BCUT2D eigenvalue weighted by Gasteiger charge is 2.40. The Morgan fingerprint density at radius 2 is 1.61 bits per heavy atom. The van der Waals surface area contributed by atoms with Gasteiger partial charge in [0.25, 0.3) is 0 Å². The largest absolute Gasteiger partial charge is 0.465 e. The normalized spacial score (nSPS) is 14.6. The predicted octanol–water partition coefficient (Wildman–Crippen LogP) is 6.37. The van der Waals surface area contributed by atoms with Crippen LogP contribution in [0.3, 0.4) is 0 Å². The van der Waals surface area contributed by atoms with Crippen molar-refractivity contribution in [2.75, 3.05) is 5.32 Å². The van der Waals surface area contributed by atoms with Crippen LogP contribution in [0.15, 0.2) is 91.1 Å². The molecule has 0 atom stereocenters. The number of pyridine rings is 1. The van der Waals surface area contributed by atoms with Gasteiger partial charge >= 0.3 is 6.09 Å². The summed E-state index contributed by atoms with van der Waals surface area (Å²) in [7, 11) is 0. The van der Waals surface area contributed by atoms with Crippen molar-refractivity contribution in [1.82, 2.24) is 25.1 Å². The lowest BCUT2D eigenvalue weighted by molar-refractivity contribution is 0.144. The maximum Gasteiger partial charge on any atom is 0.405 e.